The highest BCUT2D eigenvalue weighted by atomic mass is 35.5. The molecule has 0 radical (unpaired) electrons. The number of carboxylic acid groups (broad SMARTS) is 1. The van der Waals surface area contributed by atoms with E-state index in [1.54, 1.807) is 0 Å². The molecule has 0 saturated carbocycles. The fourth-order valence-electron chi connectivity index (χ4n) is 1.37. The summed E-state index contributed by atoms with van der Waals surface area (Å²) in [5, 5.41) is 8.22. The fraction of sp³-hybridized carbons (Fsp3) is 0.364. The Bertz CT molecular complexity index is 599. The number of sulfone groups is 1. The average molecular weight is 311 g/mol. The summed E-state index contributed by atoms with van der Waals surface area (Å²) in [6.45, 7) is 1.53. The summed E-state index contributed by atoms with van der Waals surface area (Å²) in [4.78, 5) is 10.4. The van der Waals surface area contributed by atoms with Crippen LogP contribution in [0.4, 0.5) is 4.39 Å². The maximum absolute atomic E-state index is 13.5. The van der Waals surface area contributed by atoms with Crippen molar-refractivity contribution in [2.24, 2.45) is 0 Å². The van der Waals surface area contributed by atoms with Crippen molar-refractivity contribution in [1.82, 2.24) is 0 Å². The molecular weight excluding hydrogens is 299 g/mol. The lowest BCUT2D eigenvalue weighted by molar-refractivity contribution is 0.0696. The van der Waals surface area contributed by atoms with Crippen LogP contribution in [0.3, 0.4) is 0 Å². The Kier molecular flexibility index (Phi) is 4.89. The molecule has 1 atom stereocenters. The molecule has 0 bridgehead atoms. The molecule has 1 aromatic rings. The van der Waals surface area contributed by atoms with Gasteiger partial charge in [0.15, 0.2) is 9.84 Å². The molecule has 0 aliphatic carbocycles. The lowest BCUT2D eigenvalue weighted by Gasteiger charge is -2.11. The molecule has 0 aliphatic rings. The Morgan fingerprint density at radius 3 is 2.58 bits per heavy atom. The summed E-state index contributed by atoms with van der Waals surface area (Å²) in [5.74, 6) is -2.98. The summed E-state index contributed by atoms with van der Waals surface area (Å²) in [6.07, 6.45) is -0.600. The summed E-state index contributed by atoms with van der Waals surface area (Å²) in [5.41, 5.74) is -0.592. The van der Waals surface area contributed by atoms with Gasteiger partial charge in [-0.2, -0.15) is 0 Å². The van der Waals surface area contributed by atoms with Crippen LogP contribution in [-0.2, 0) is 14.6 Å². The van der Waals surface area contributed by atoms with E-state index in [4.69, 9.17) is 21.4 Å². The predicted molar refractivity (Wildman–Crippen MR) is 66.9 cm³/mol. The van der Waals surface area contributed by atoms with Crippen molar-refractivity contribution >= 4 is 27.4 Å². The number of aromatic carboxylic acids is 1. The zero-order valence-corrected chi connectivity index (χ0v) is 11.8. The Morgan fingerprint density at radius 2 is 2.11 bits per heavy atom. The number of benzene rings is 1. The average Bonchev–Trinajstić information content (AvgIpc) is 2.31. The van der Waals surface area contributed by atoms with Gasteiger partial charge in [0.25, 0.3) is 0 Å². The number of ether oxygens (including phenoxy) is 1. The minimum atomic E-state index is -3.85. The van der Waals surface area contributed by atoms with Gasteiger partial charge in [-0.25, -0.2) is 17.6 Å². The Labute approximate surface area is 114 Å². The zero-order chi connectivity index (χ0) is 14.8. The Hall–Kier alpha value is -1.18. The van der Waals surface area contributed by atoms with E-state index in [0.717, 1.165) is 6.07 Å². The van der Waals surface area contributed by atoms with Crippen LogP contribution in [0.1, 0.15) is 17.3 Å². The number of carbonyl (C=O) groups is 1. The fourth-order valence-corrected chi connectivity index (χ4v) is 3.09. The number of halogens is 2. The van der Waals surface area contributed by atoms with Gasteiger partial charge in [-0.3, -0.25) is 0 Å². The molecule has 0 aromatic heterocycles. The first-order valence-corrected chi connectivity index (χ1v) is 7.20. The monoisotopic (exact) mass is 310 g/mol. The summed E-state index contributed by atoms with van der Waals surface area (Å²) in [7, 11) is -2.52. The molecule has 106 valence electrons. The van der Waals surface area contributed by atoms with Gasteiger partial charge in [0.05, 0.1) is 27.3 Å². The topological polar surface area (TPSA) is 80.7 Å². The largest absolute Gasteiger partial charge is 0.478 e. The molecule has 1 aromatic carbocycles. The van der Waals surface area contributed by atoms with E-state index in [1.807, 2.05) is 0 Å². The van der Waals surface area contributed by atoms with Gasteiger partial charge < -0.3 is 9.84 Å². The second kappa shape index (κ2) is 5.85. The summed E-state index contributed by atoms with van der Waals surface area (Å²) < 4.78 is 42.2. The normalized spacial score (nSPS) is 13.3. The number of carboxylic acids is 1. The highest BCUT2D eigenvalue weighted by molar-refractivity contribution is 7.91. The third kappa shape index (κ3) is 3.65. The number of rotatable bonds is 5. The van der Waals surface area contributed by atoms with E-state index in [0.29, 0.717) is 6.07 Å². The number of methoxy groups -OCH3 is 1. The molecule has 1 N–H and O–H groups in total. The molecule has 0 heterocycles. The van der Waals surface area contributed by atoms with Crippen LogP contribution in [0.2, 0.25) is 5.02 Å². The van der Waals surface area contributed by atoms with E-state index < -0.39 is 43.2 Å². The lowest BCUT2D eigenvalue weighted by atomic mass is 10.2. The predicted octanol–water partition coefficient (Wildman–Crippen LogP) is 1.99. The van der Waals surface area contributed by atoms with Gasteiger partial charge in [0.1, 0.15) is 5.82 Å². The van der Waals surface area contributed by atoms with Crippen molar-refractivity contribution in [3.05, 3.63) is 28.5 Å². The molecule has 0 amide bonds. The van der Waals surface area contributed by atoms with Crippen molar-refractivity contribution in [2.45, 2.75) is 17.9 Å². The minimum absolute atomic E-state index is 0.385. The van der Waals surface area contributed by atoms with Crippen molar-refractivity contribution in [3.8, 4) is 0 Å². The van der Waals surface area contributed by atoms with Gasteiger partial charge >= 0.3 is 5.97 Å². The summed E-state index contributed by atoms with van der Waals surface area (Å²) >= 11 is 5.47. The minimum Gasteiger partial charge on any atom is -0.478 e. The van der Waals surface area contributed by atoms with Crippen molar-refractivity contribution in [2.75, 3.05) is 12.9 Å². The van der Waals surface area contributed by atoms with Crippen LogP contribution in [0.15, 0.2) is 17.0 Å². The number of hydrogen-bond acceptors (Lipinski definition) is 4. The third-order valence-corrected chi connectivity index (χ3v) is 4.69. The first-order valence-electron chi connectivity index (χ1n) is 5.17. The van der Waals surface area contributed by atoms with Crippen LogP contribution >= 0.6 is 11.6 Å². The van der Waals surface area contributed by atoms with Crippen LogP contribution in [0.25, 0.3) is 0 Å². The third-order valence-electron chi connectivity index (χ3n) is 2.45. The molecule has 0 spiro atoms. The molecular formula is C11H12ClFO5S. The summed E-state index contributed by atoms with van der Waals surface area (Å²) in [6, 6.07) is 1.54. The maximum Gasteiger partial charge on any atom is 0.337 e. The van der Waals surface area contributed by atoms with Gasteiger partial charge in [-0.05, 0) is 19.1 Å². The second-order valence-electron chi connectivity index (χ2n) is 3.90. The highest BCUT2D eigenvalue weighted by Crippen LogP contribution is 2.25. The molecule has 0 fully saturated rings. The van der Waals surface area contributed by atoms with Crippen LogP contribution in [-0.4, -0.2) is 38.5 Å². The van der Waals surface area contributed by atoms with Crippen LogP contribution in [0, 0.1) is 5.82 Å². The van der Waals surface area contributed by atoms with Crippen molar-refractivity contribution in [1.29, 1.82) is 0 Å². The van der Waals surface area contributed by atoms with Gasteiger partial charge in [-0.1, -0.05) is 11.6 Å². The van der Waals surface area contributed by atoms with Crippen LogP contribution in [0.5, 0.6) is 0 Å². The molecule has 1 unspecified atom stereocenters. The molecule has 8 heteroatoms. The zero-order valence-electron chi connectivity index (χ0n) is 10.2. The molecule has 0 aliphatic heterocycles. The van der Waals surface area contributed by atoms with Crippen molar-refractivity contribution < 1.29 is 27.4 Å². The highest BCUT2D eigenvalue weighted by Gasteiger charge is 2.23. The molecule has 19 heavy (non-hydrogen) atoms. The second-order valence-corrected chi connectivity index (χ2v) is 6.31. The Balaban J connectivity index is 3.32. The lowest BCUT2D eigenvalue weighted by Crippen LogP contribution is -2.20. The van der Waals surface area contributed by atoms with E-state index >= 15 is 0 Å². The van der Waals surface area contributed by atoms with Crippen LogP contribution < -0.4 is 0 Å². The number of hydrogen-bond donors (Lipinski definition) is 1. The Morgan fingerprint density at radius 1 is 1.53 bits per heavy atom. The first-order chi connectivity index (χ1) is 8.69. The van der Waals surface area contributed by atoms with Gasteiger partial charge in [0.2, 0.25) is 0 Å². The quantitative estimate of drug-likeness (QED) is 0.899. The van der Waals surface area contributed by atoms with E-state index in [-0.39, 0.29) is 5.75 Å². The van der Waals surface area contributed by atoms with E-state index in [9.17, 15) is 17.6 Å². The smallest absolute Gasteiger partial charge is 0.337 e. The van der Waals surface area contributed by atoms with E-state index in [2.05, 4.69) is 0 Å². The molecule has 1 rings (SSSR count). The molecule has 5 nitrogen and oxygen atoms in total. The van der Waals surface area contributed by atoms with E-state index in [1.165, 1.54) is 14.0 Å². The standard InChI is InChI=1S/C11H12ClFO5S/c1-6(18-2)5-19(16,17)7-3-8(11(14)15)10(12)9(13)4-7/h3-4,6H,5H2,1-2H3,(H,14,15). The SMILES string of the molecule is COC(C)CS(=O)(=O)c1cc(F)c(Cl)c(C(=O)O)c1. The first kappa shape index (κ1) is 15.9. The maximum atomic E-state index is 13.5. The van der Waals surface area contributed by atoms with Gasteiger partial charge in [0, 0.05) is 7.11 Å². The van der Waals surface area contributed by atoms with Gasteiger partial charge in [-0.15, -0.1) is 0 Å². The molecule has 0 saturated heterocycles. The van der Waals surface area contributed by atoms with Crippen molar-refractivity contribution in [3.63, 3.8) is 0 Å².